The quantitative estimate of drug-likeness (QED) is 0.559. The number of nitrogens with zero attached hydrogens (tertiary/aromatic N) is 3. The number of carbonyl (C=O) groups excluding carboxylic acids is 1. The summed E-state index contributed by atoms with van der Waals surface area (Å²) in [4.78, 5) is 15.9. The zero-order valence-electron chi connectivity index (χ0n) is 15.8. The van der Waals surface area contributed by atoms with Crippen LogP contribution in [0.3, 0.4) is 0 Å². The van der Waals surface area contributed by atoms with E-state index < -0.39 is 18.3 Å². The summed E-state index contributed by atoms with van der Waals surface area (Å²) in [6.45, 7) is -1.02. The molecule has 0 spiro atoms. The van der Waals surface area contributed by atoms with Crippen molar-refractivity contribution in [3.8, 4) is 17.2 Å². The van der Waals surface area contributed by atoms with Gasteiger partial charge in [-0.1, -0.05) is 6.07 Å². The van der Waals surface area contributed by atoms with Crippen molar-refractivity contribution in [1.29, 1.82) is 0 Å². The molecular weight excluding hydrogens is 401 g/mol. The molecule has 0 radical (unpaired) electrons. The predicted octanol–water partition coefficient (Wildman–Crippen LogP) is 4.06. The number of alkyl halides is 2. The molecule has 7 nitrogen and oxygen atoms in total. The minimum Gasteiger partial charge on any atom is -0.490 e. The summed E-state index contributed by atoms with van der Waals surface area (Å²) in [6.07, 6.45) is 5.32. The second-order valence-electron chi connectivity index (χ2n) is 5.85. The van der Waals surface area contributed by atoms with E-state index in [1.165, 1.54) is 59.8 Å². The number of hydrogen-bond acceptors (Lipinski definition) is 5. The SMILES string of the molecule is CCOc1cc(/C=C/C(=O)Nc2ccc(-n3cncn3)c(F)c2)ccc1OC(F)F. The maximum Gasteiger partial charge on any atom is 0.387 e. The van der Waals surface area contributed by atoms with Gasteiger partial charge in [-0.15, -0.1) is 0 Å². The van der Waals surface area contributed by atoms with Gasteiger partial charge in [-0.05, 0) is 48.9 Å². The molecule has 0 unspecified atom stereocenters. The van der Waals surface area contributed by atoms with Crippen LogP contribution in [0.5, 0.6) is 11.5 Å². The number of hydrogen-bond donors (Lipinski definition) is 1. The lowest BCUT2D eigenvalue weighted by atomic mass is 10.2. The molecular formula is C20H17F3N4O3. The Morgan fingerprint density at radius 3 is 2.73 bits per heavy atom. The molecule has 0 aliphatic heterocycles. The third-order valence-electron chi connectivity index (χ3n) is 3.79. The Hall–Kier alpha value is -3.82. The van der Waals surface area contributed by atoms with Crippen LogP contribution in [-0.4, -0.2) is 33.9 Å². The summed E-state index contributed by atoms with van der Waals surface area (Å²) in [5.41, 5.74) is 0.972. The van der Waals surface area contributed by atoms with Gasteiger partial charge in [0.15, 0.2) is 17.3 Å². The Morgan fingerprint density at radius 1 is 1.23 bits per heavy atom. The zero-order valence-corrected chi connectivity index (χ0v) is 15.8. The molecule has 1 aromatic heterocycles. The van der Waals surface area contributed by atoms with Crippen molar-refractivity contribution in [3.63, 3.8) is 0 Å². The average Bonchev–Trinajstić information content (AvgIpc) is 3.22. The van der Waals surface area contributed by atoms with Crippen LogP contribution in [0.25, 0.3) is 11.8 Å². The molecule has 1 heterocycles. The minimum absolute atomic E-state index is 0.101. The molecule has 156 valence electrons. The Kier molecular flexibility index (Phi) is 6.68. The van der Waals surface area contributed by atoms with E-state index in [9.17, 15) is 18.0 Å². The predicted molar refractivity (Wildman–Crippen MR) is 103 cm³/mol. The molecule has 3 rings (SSSR count). The van der Waals surface area contributed by atoms with E-state index in [4.69, 9.17) is 4.74 Å². The molecule has 10 heteroatoms. The first-order valence-corrected chi connectivity index (χ1v) is 8.81. The lowest BCUT2D eigenvalue weighted by Gasteiger charge is -2.11. The summed E-state index contributed by atoms with van der Waals surface area (Å²) < 4.78 is 50.1. The molecule has 2 aromatic carbocycles. The van der Waals surface area contributed by atoms with Crippen molar-refractivity contribution in [1.82, 2.24) is 14.8 Å². The number of benzene rings is 2. The number of carbonyl (C=O) groups is 1. The first kappa shape index (κ1) is 20.9. The highest BCUT2D eigenvalue weighted by Gasteiger charge is 2.11. The van der Waals surface area contributed by atoms with Gasteiger partial charge in [0.05, 0.1) is 6.61 Å². The van der Waals surface area contributed by atoms with Crippen LogP contribution in [0.4, 0.5) is 18.9 Å². The molecule has 0 saturated carbocycles. The molecule has 0 fully saturated rings. The molecule has 0 atom stereocenters. The van der Waals surface area contributed by atoms with Crippen molar-refractivity contribution in [2.45, 2.75) is 13.5 Å². The molecule has 1 amide bonds. The average molecular weight is 418 g/mol. The topological polar surface area (TPSA) is 78.3 Å². The number of aromatic nitrogens is 3. The van der Waals surface area contributed by atoms with Crippen LogP contribution in [-0.2, 0) is 4.79 Å². The van der Waals surface area contributed by atoms with Gasteiger partial charge in [-0.25, -0.2) is 14.1 Å². The zero-order chi connectivity index (χ0) is 21.5. The number of nitrogens with one attached hydrogen (secondary N) is 1. The third kappa shape index (κ3) is 5.37. The van der Waals surface area contributed by atoms with Crippen LogP contribution in [0, 0.1) is 5.82 Å². The Morgan fingerprint density at radius 2 is 2.07 bits per heavy atom. The molecule has 1 N–H and O–H groups in total. The summed E-state index contributed by atoms with van der Waals surface area (Å²) in [7, 11) is 0. The highest BCUT2D eigenvalue weighted by atomic mass is 19.3. The number of anilines is 1. The first-order chi connectivity index (χ1) is 14.5. The standard InChI is InChI=1S/C20H17F3N4O3/c1-2-29-18-9-13(3-7-17(18)30-20(22)23)4-8-19(28)26-14-5-6-16(15(21)10-14)27-12-24-11-25-27/h3-12,20H,2H2,1H3,(H,26,28)/b8-4+. The fourth-order valence-corrected chi connectivity index (χ4v) is 2.55. The van der Waals surface area contributed by atoms with E-state index in [2.05, 4.69) is 20.1 Å². The molecule has 0 bridgehead atoms. The van der Waals surface area contributed by atoms with Gasteiger partial charge >= 0.3 is 6.61 Å². The van der Waals surface area contributed by atoms with Crippen LogP contribution >= 0.6 is 0 Å². The lowest BCUT2D eigenvalue weighted by molar-refractivity contribution is -0.111. The molecule has 0 aliphatic rings. The smallest absolute Gasteiger partial charge is 0.387 e. The van der Waals surface area contributed by atoms with Crippen LogP contribution < -0.4 is 14.8 Å². The summed E-state index contributed by atoms with van der Waals surface area (Å²) in [5.74, 6) is -1.06. The second kappa shape index (κ2) is 9.59. The van der Waals surface area contributed by atoms with E-state index in [1.807, 2.05) is 0 Å². The number of halogens is 3. The van der Waals surface area contributed by atoms with E-state index in [0.717, 1.165) is 6.07 Å². The number of ether oxygens (including phenoxy) is 2. The van der Waals surface area contributed by atoms with Gasteiger partial charge in [0.2, 0.25) is 5.91 Å². The number of amides is 1. The molecule has 30 heavy (non-hydrogen) atoms. The highest BCUT2D eigenvalue weighted by molar-refractivity contribution is 6.02. The summed E-state index contributed by atoms with van der Waals surface area (Å²) in [5, 5.41) is 6.39. The molecule has 0 aliphatic carbocycles. The van der Waals surface area contributed by atoms with Crippen LogP contribution in [0.15, 0.2) is 55.1 Å². The summed E-state index contributed by atoms with van der Waals surface area (Å²) in [6, 6.07) is 8.43. The number of rotatable bonds is 8. The van der Waals surface area contributed by atoms with E-state index in [1.54, 1.807) is 6.92 Å². The monoisotopic (exact) mass is 418 g/mol. The van der Waals surface area contributed by atoms with Gasteiger partial charge in [0.25, 0.3) is 0 Å². The Balaban J connectivity index is 1.68. The van der Waals surface area contributed by atoms with Crippen molar-refractivity contribution in [2.75, 3.05) is 11.9 Å². The van der Waals surface area contributed by atoms with Gasteiger partial charge in [-0.3, -0.25) is 4.79 Å². The normalized spacial score (nSPS) is 11.1. The molecule has 3 aromatic rings. The van der Waals surface area contributed by atoms with Crippen molar-refractivity contribution >= 4 is 17.7 Å². The Labute approximate surface area is 169 Å². The maximum absolute atomic E-state index is 14.2. The third-order valence-corrected chi connectivity index (χ3v) is 3.79. The van der Waals surface area contributed by atoms with Crippen molar-refractivity contribution < 1.29 is 27.4 Å². The fourth-order valence-electron chi connectivity index (χ4n) is 2.55. The van der Waals surface area contributed by atoms with Gasteiger partial charge in [0, 0.05) is 11.8 Å². The fraction of sp³-hybridized carbons (Fsp3) is 0.150. The van der Waals surface area contributed by atoms with Gasteiger partial charge in [-0.2, -0.15) is 13.9 Å². The summed E-state index contributed by atoms with van der Waals surface area (Å²) >= 11 is 0. The van der Waals surface area contributed by atoms with Crippen LogP contribution in [0.1, 0.15) is 12.5 Å². The Bertz CT molecular complexity index is 1040. The highest BCUT2D eigenvalue weighted by Crippen LogP contribution is 2.30. The van der Waals surface area contributed by atoms with Crippen molar-refractivity contribution in [3.05, 3.63) is 66.5 Å². The van der Waals surface area contributed by atoms with Crippen molar-refractivity contribution in [2.24, 2.45) is 0 Å². The molecule has 0 saturated heterocycles. The van der Waals surface area contributed by atoms with E-state index in [-0.39, 0.29) is 29.5 Å². The lowest BCUT2D eigenvalue weighted by Crippen LogP contribution is -2.09. The van der Waals surface area contributed by atoms with E-state index >= 15 is 0 Å². The van der Waals surface area contributed by atoms with Gasteiger partial charge < -0.3 is 14.8 Å². The largest absolute Gasteiger partial charge is 0.490 e. The maximum atomic E-state index is 14.2. The van der Waals surface area contributed by atoms with E-state index in [0.29, 0.717) is 5.56 Å². The first-order valence-electron chi connectivity index (χ1n) is 8.81. The second-order valence-corrected chi connectivity index (χ2v) is 5.85. The van der Waals surface area contributed by atoms with Crippen LogP contribution in [0.2, 0.25) is 0 Å². The van der Waals surface area contributed by atoms with Gasteiger partial charge in [0.1, 0.15) is 18.3 Å². The minimum atomic E-state index is -2.98.